The van der Waals surface area contributed by atoms with Crippen LogP contribution in [-0.4, -0.2) is 32.3 Å². The van der Waals surface area contributed by atoms with E-state index < -0.39 is 5.97 Å². The zero-order valence-corrected chi connectivity index (χ0v) is 15.3. The lowest BCUT2D eigenvalue weighted by Crippen LogP contribution is -2.09. The van der Waals surface area contributed by atoms with E-state index in [1.165, 1.54) is 32.7 Å². The van der Waals surface area contributed by atoms with Crippen molar-refractivity contribution >= 4 is 17.3 Å². The number of aromatic nitrogens is 1. The molecular weight excluding hydrogens is 354 g/mol. The van der Waals surface area contributed by atoms with Gasteiger partial charge in [-0.3, -0.25) is 0 Å². The summed E-state index contributed by atoms with van der Waals surface area (Å²) in [4.78, 5) is 16.8. The largest absolute Gasteiger partial charge is 0.493 e. The SMILES string of the molecule is COc1cc(OC(=O)c2csc(-c3ccccc3)n2)cc(OC)c1OC. The molecule has 6 nitrogen and oxygen atoms in total. The number of carbonyl (C=O) groups excluding carboxylic acids is 1. The van der Waals surface area contributed by atoms with Gasteiger partial charge in [-0.05, 0) is 0 Å². The van der Waals surface area contributed by atoms with Gasteiger partial charge in [0.15, 0.2) is 17.2 Å². The molecule has 0 amide bonds. The summed E-state index contributed by atoms with van der Waals surface area (Å²) in [6.45, 7) is 0. The first-order valence-corrected chi connectivity index (χ1v) is 8.57. The number of methoxy groups -OCH3 is 3. The zero-order valence-electron chi connectivity index (χ0n) is 14.5. The Bertz CT molecular complexity index is 882. The summed E-state index contributed by atoms with van der Waals surface area (Å²) in [6, 6.07) is 12.8. The Morgan fingerprint density at radius 1 is 0.962 bits per heavy atom. The van der Waals surface area contributed by atoms with Gasteiger partial charge in [0.2, 0.25) is 5.75 Å². The third-order valence-electron chi connectivity index (χ3n) is 3.58. The zero-order chi connectivity index (χ0) is 18.5. The molecule has 0 atom stereocenters. The van der Waals surface area contributed by atoms with Crippen molar-refractivity contribution < 1.29 is 23.7 Å². The molecule has 0 unspecified atom stereocenters. The fourth-order valence-electron chi connectivity index (χ4n) is 2.36. The minimum absolute atomic E-state index is 0.239. The van der Waals surface area contributed by atoms with Gasteiger partial charge < -0.3 is 18.9 Å². The third kappa shape index (κ3) is 3.62. The highest BCUT2D eigenvalue weighted by atomic mass is 32.1. The molecule has 0 aliphatic rings. The second-order valence-corrected chi connectivity index (χ2v) is 6.01. The molecule has 0 saturated carbocycles. The second-order valence-electron chi connectivity index (χ2n) is 5.15. The van der Waals surface area contributed by atoms with Crippen LogP contribution in [0.2, 0.25) is 0 Å². The number of rotatable bonds is 6. The molecule has 26 heavy (non-hydrogen) atoms. The van der Waals surface area contributed by atoms with Crippen LogP contribution in [0.1, 0.15) is 10.5 Å². The van der Waals surface area contributed by atoms with Crippen LogP contribution >= 0.6 is 11.3 Å². The molecule has 0 radical (unpaired) electrons. The Kier molecular flexibility index (Phi) is 5.38. The molecule has 2 aromatic carbocycles. The van der Waals surface area contributed by atoms with E-state index in [0.717, 1.165) is 10.6 Å². The Morgan fingerprint density at radius 2 is 1.62 bits per heavy atom. The van der Waals surface area contributed by atoms with Crippen molar-refractivity contribution in [3.63, 3.8) is 0 Å². The highest BCUT2D eigenvalue weighted by Gasteiger charge is 2.18. The Morgan fingerprint density at radius 3 is 2.19 bits per heavy atom. The van der Waals surface area contributed by atoms with E-state index in [1.54, 1.807) is 17.5 Å². The van der Waals surface area contributed by atoms with Gasteiger partial charge in [-0.25, -0.2) is 9.78 Å². The molecule has 0 fully saturated rings. The standard InChI is InChI=1S/C19H17NO5S/c1-22-15-9-13(10-16(23-2)17(15)24-3)25-19(21)14-11-26-18(20-14)12-7-5-4-6-8-12/h4-11H,1-3H3. The second kappa shape index (κ2) is 7.88. The summed E-state index contributed by atoms with van der Waals surface area (Å²) in [7, 11) is 4.50. The monoisotopic (exact) mass is 371 g/mol. The van der Waals surface area contributed by atoms with E-state index in [1.807, 2.05) is 30.3 Å². The molecule has 0 N–H and O–H groups in total. The lowest BCUT2D eigenvalue weighted by Gasteiger charge is -2.13. The Balaban J connectivity index is 1.83. The quantitative estimate of drug-likeness (QED) is 0.481. The maximum Gasteiger partial charge on any atom is 0.363 e. The molecule has 0 bridgehead atoms. The molecule has 3 rings (SSSR count). The first-order chi connectivity index (χ1) is 12.7. The van der Waals surface area contributed by atoms with Crippen molar-refractivity contribution in [2.45, 2.75) is 0 Å². The molecule has 0 saturated heterocycles. The smallest absolute Gasteiger partial charge is 0.363 e. The first kappa shape index (κ1) is 17.8. The van der Waals surface area contributed by atoms with Crippen LogP contribution in [-0.2, 0) is 0 Å². The number of nitrogens with zero attached hydrogens (tertiary/aromatic N) is 1. The van der Waals surface area contributed by atoms with Crippen LogP contribution in [0.5, 0.6) is 23.0 Å². The van der Waals surface area contributed by atoms with E-state index in [0.29, 0.717) is 17.2 Å². The number of benzene rings is 2. The fraction of sp³-hybridized carbons (Fsp3) is 0.158. The van der Waals surface area contributed by atoms with Gasteiger partial charge in [0, 0.05) is 23.1 Å². The summed E-state index contributed by atoms with van der Waals surface area (Å²) < 4.78 is 21.2. The van der Waals surface area contributed by atoms with E-state index in [4.69, 9.17) is 18.9 Å². The van der Waals surface area contributed by atoms with Crippen molar-refractivity contribution in [3.8, 4) is 33.6 Å². The van der Waals surface area contributed by atoms with Crippen LogP contribution in [0, 0.1) is 0 Å². The molecule has 134 valence electrons. The van der Waals surface area contributed by atoms with E-state index in [-0.39, 0.29) is 11.4 Å². The van der Waals surface area contributed by atoms with Crippen molar-refractivity contribution in [2.75, 3.05) is 21.3 Å². The molecule has 1 aromatic heterocycles. The molecule has 3 aromatic rings. The summed E-state index contributed by atoms with van der Waals surface area (Å²) >= 11 is 1.38. The number of thiazole rings is 1. The van der Waals surface area contributed by atoms with Gasteiger partial charge in [0.1, 0.15) is 10.8 Å². The Hall–Kier alpha value is -3.06. The Labute approximate surface area is 154 Å². The van der Waals surface area contributed by atoms with E-state index >= 15 is 0 Å². The van der Waals surface area contributed by atoms with Crippen molar-refractivity contribution in [1.82, 2.24) is 4.98 Å². The summed E-state index contributed by atoms with van der Waals surface area (Å²) in [5, 5.41) is 2.42. The minimum Gasteiger partial charge on any atom is -0.493 e. The van der Waals surface area contributed by atoms with E-state index in [9.17, 15) is 4.79 Å². The van der Waals surface area contributed by atoms with Crippen LogP contribution in [0.15, 0.2) is 47.8 Å². The molecular formula is C19H17NO5S. The highest BCUT2D eigenvalue weighted by molar-refractivity contribution is 7.13. The maximum atomic E-state index is 12.4. The molecule has 0 aliphatic heterocycles. The lowest BCUT2D eigenvalue weighted by atomic mass is 10.2. The third-order valence-corrected chi connectivity index (χ3v) is 4.47. The van der Waals surface area contributed by atoms with Gasteiger partial charge in [0.05, 0.1) is 21.3 Å². The molecule has 0 aliphatic carbocycles. The number of carbonyl (C=O) groups is 1. The lowest BCUT2D eigenvalue weighted by molar-refractivity contribution is 0.0728. The highest BCUT2D eigenvalue weighted by Crippen LogP contribution is 2.41. The maximum absolute atomic E-state index is 12.4. The minimum atomic E-state index is -0.558. The number of ether oxygens (including phenoxy) is 4. The van der Waals surface area contributed by atoms with Gasteiger partial charge in [0.25, 0.3) is 0 Å². The molecule has 1 heterocycles. The van der Waals surface area contributed by atoms with Gasteiger partial charge in [-0.1, -0.05) is 30.3 Å². The molecule has 7 heteroatoms. The first-order valence-electron chi connectivity index (χ1n) is 7.69. The number of hydrogen-bond donors (Lipinski definition) is 0. The van der Waals surface area contributed by atoms with Crippen LogP contribution in [0.4, 0.5) is 0 Å². The van der Waals surface area contributed by atoms with Crippen molar-refractivity contribution in [1.29, 1.82) is 0 Å². The van der Waals surface area contributed by atoms with Crippen molar-refractivity contribution in [3.05, 3.63) is 53.5 Å². The summed E-state index contributed by atoms with van der Waals surface area (Å²) in [5.74, 6) is 0.946. The van der Waals surface area contributed by atoms with Crippen LogP contribution < -0.4 is 18.9 Å². The van der Waals surface area contributed by atoms with Crippen molar-refractivity contribution in [2.24, 2.45) is 0 Å². The predicted octanol–water partition coefficient (Wildman–Crippen LogP) is 4.06. The summed E-state index contributed by atoms with van der Waals surface area (Å²) in [5.41, 5.74) is 1.19. The topological polar surface area (TPSA) is 66.9 Å². The fourth-order valence-corrected chi connectivity index (χ4v) is 3.15. The van der Waals surface area contributed by atoms with Gasteiger partial charge in [-0.15, -0.1) is 11.3 Å². The van der Waals surface area contributed by atoms with Gasteiger partial charge >= 0.3 is 5.97 Å². The predicted molar refractivity (Wildman–Crippen MR) is 98.6 cm³/mol. The average Bonchev–Trinajstić information content (AvgIpc) is 3.18. The number of hydrogen-bond acceptors (Lipinski definition) is 7. The normalized spacial score (nSPS) is 10.3. The van der Waals surface area contributed by atoms with Gasteiger partial charge in [-0.2, -0.15) is 0 Å². The summed E-state index contributed by atoms with van der Waals surface area (Å²) in [6.07, 6.45) is 0. The number of esters is 1. The molecule has 0 spiro atoms. The van der Waals surface area contributed by atoms with Crippen LogP contribution in [0.25, 0.3) is 10.6 Å². The van der Waals surface area contributed by atoms with Crippen LogP contribution in [0.3, 0.4) is 0 Å². The van der Waals surface area contributed by atoms with E-state index in [2.05, 4.69) is 4.98 Å². The average molecular weight is 371 g/mol.